The molecule has 0 fully saturated rings. The Labute approximate surface area is 125 Å². The Bertz CT molecular complexity index is 725. The average Bonchev–Trinajstić information content (AvgIpc) is 3.06. The summed E-state index contributed by atoms with van der Waals surface area (Å²) in [6.45, 7) is -0.0938. The SMILES string of the molecule is N#CC1=C(NC(=O)CN2C(=O)c3ccccc3C2=O)OCC1. The van der Waals surface area contributed by atoms with Gasteiger partial charge in [0.2, 0.25) is 11.8 Å². The van der Waals surface area contributed by atoms with Gasteiger partial charge in [-0.15, -0.1) is 0 Å². The highest BCUT2D eigenvalue weighted by Crippen LogP contribution is 2.22. The number of amides is 3. The molecule has 1 aromatic carbocycles. The number of ether oxygens (including phenoxy) is 1. The number of imide groups is 1. The van der Waals surface area contributed by atoms with Crippen LogP contribution in [0.25, 0.3) is 0 Å². The molecule has 22 heavy (non-hydrogen) atoms. The lowest BCUT2D eigenvalue weighted by molar-refractivity contribution is -0.121. The van der Waals surface area contributed by atoms with Crippen LogP contribution in [0.4, 0.5) is 0 Å². The van der Waals surface area contributed by atoms with E-state index in [1.165, 1.54) is 0 Å². The zero-order valence-electron chi connectivity index (χ0n) is 11.5. The monoisotopic (exact) mass is 297 g/mol. The molecule has 2 heterocycles. The molecule has 0 unspecified atom stereocenters. The first kappa shape index (κ1) is 13.8. The molecule has 7 heteroatoms. The van der Waals surface area contributed by atoms with Crippen molar-refractivity contribution in [1.29, 1.82) is 5.26 Å². The van der Waals surface area contributed by atoms with Crippen LogP contribution in [-0.2, 0) is 9.53 Å². The Balaban J connectivity index is 1.73. The zero-order chi connectivity index (χ0) is 15.7. The van der Waals surface area contributed by atoms with Gasteiger partial charge in [0.15, 0.2) is 0 Å². The Morgan fingerprint density at radius 1 is 1.27 bits per heavy atom. The van der Waals surface area contributed by atoms with E-state index in [4.69, 9.17) is 10.00 Å². The molecule has 0 bridgehead atoms. The van der Waals surface area contributed by atoms with Gasteiger partial charge in [-0.25, -0.2) is 0 Å². The summed E-state index contributed by atoms with van der Waals surface area (Å²) in [5.74, 6) is -1.49. The number of carbonyl (C=O) groups excluding carboxylic acids is 3. The van der Waals surface area contributed by atoms with E-state index in [0.29, 0.717) is 18.6 Å². The van der Waals surface area contributed by atoms with Gasteiger partial charge < -0.3 is 4.74 Å². The van der Waals surface area contributed by atoms with Gasteiger partial charge in [0, 0.05) is 6.42 Å². The van der Waals surface area contributed by atoms with E-state index in [0.717, 1.165) is 4.90 Å². The molecular formula is C15H11N3O4. The molecule has 0 saturated heterocycles. The Kier molecular flexibility index (Phi) is 3.35. The number of nitrogens with zero attached hydrogens (tertiary/aromatic N) is 2. The second-order valence-electron chi connectivity index (χ2n) is 4.81. The van der Waals surface area contributed by atoms with Crippen LogP contribution in [0.2, 0.25) is 0 Å². The van der Waals surface area contributed by atoms with Crippen LogP contribution < -0.4 is 5.32 Å². The lowest BCUT2D eigenvalue weighted by Crippen LogP contribution is -2.40. The molecule has 1 N–H and O–H groups in total. The fourth-order valence-corrected chi connectivity index (χ4v) is 2.37. The quantitative estimate of drug-likeness (QED) is 0.821. The second-order valence-corrected chi connectivity index (χ2v) is 4.81. The summed E-state index contributed by atoms with van der Waals surface area (Å²) in [6, 6.07) is 8.34. The minimum atomic E-state index is -0.584. The second kappa shape index (κ2) is 5.33. The lowest BCUT2D eigenvalue weighted by Gasteiger charge is -2.14. The van der Waals surface area contributed by atoms with E-state index in [1.807, 2.05) is 6.07 Å². The molecule has 0 aromatic heterocycles. The van der Waals surface area contributed by atoms with E-state index in [-0.39, 0.29) is 17.0 Å². The number of hydrogen-bond acceptors (Lipinski definition) is 5. The van der Waals surface area contributed by atoms with Gasteiger partial charge in [0.25, 0.3) is 11.8 Å². The summed E-state index contributed by atoms with van der Waals surface area (Å²) in [5, 5.41) is 11.3. The average molecular weight is 297 g/mol. The number of rotatable bonds is 3. The summed E-state index contributed by atoms with van der Waals surface area (Å²) < 4.78 is 5.14. The molecule has 0 atom stereocenters. The van der Waals surface area contributed by atoms with E-state index in [2.05, 4.69) is 5.32 Å². The van der Waals surface area contributed by atoms with Gasteiger partial charge in [-0.3, -0.25) is 24.6 Å². The minimum absolute atomic E-state index is 0.101. The summed E-state index contributed by atoms with van der Waals surface area (Å²) >= 11 is 0. The standard InChI is InChI=1S/C15H11N3O4/c16-7-9-5-6-22-13(9)17-12(19)8-18-14(20)10-3-1-2-4-11(10)15(18)21/h1-4H,5-6,8H2,(H,17,19). The van der Waals surface area contributed by atoms with Crippen molar-refractivity contribution < 1.29 is 19.1 Å². The largest absolute Gasteiger partial charge is 0.478 e. The maximum absolute atomic E-state index is 12.1. The van der Waals surface area contributed by atoms with Crippen LogP contribution in [0, 0.1) is 11.3 Å². The van der Waals surface area contributed by atoms with Crippen LogP contribution in [0.15, 0.2) is 35.7 Å². The highest BCUT2D eigenvalue weighted by molar-refractivity contribution is 6.22. The van der Waals surface area contributed by atoms with E-state index in [9.17, 15) is 14.4 Å². The van der Waals surface area contributed by atoms with Gasteiger partial charge in [0.1, 0.15) is 12.6 Å². The molecule has 0 saturated carbocycles. The van der Waals surface area contributed by atoms with Crippen LogP contribution in [0.3, 0.4) is 0 Å². The van der Waals surface area contributed by atoms with Gasteiger partial charge in [0.05, 0.1) is 23.3 Å². The molecule has 2 aliphatic rings. The Morgan fingerprint density at radius 2 is 1.91 bits per heavy atom. The number of carbonyl (C=O) groups is 3. The maximum atomic E-state index is 12.1. The third-order valence-electron chi connectivity index (χ3n) is 3.44. The van der Waals surface area contributed by atoms with Crippen molar-refractivity contribution >= 4 is 17.7 Å². The highest BCUT2D eigenvalue weighted by Gasteiger charge is 2.36. The fourth-order valence-electron chi connectivity index (χ4n) is 2.37. The third kappa shape index (κ3) is 2.20. The first-order chi connectivity index (χ1) is 10.6. The molecule has 3 amide bonds. The summed E-state index contributed by atoms with van der Waals surface area (Å²) in [4.78, 5) is 37.1. The lowest BCUT2D eigenvalue weighted by atomic mass is 10.1. The summed E-state index contributed by atoms with van der Waals surface area (Å²) in [7, 11) is 0. The zero-order valence-corrected chi connectivity index (χ0v) is 11.5. The first-order valence-electron chi connectivity index (χ1n) is 6.63. The number of hydrogen-bond donors (Lipinski definition) is 1. The van der Waals surface area contributed by atoms with Crippen molar-refractivity contribution in [2.75, 3.05) is 13.2 Å². The highest BCUT2D eigenvalue weighted by atomic mass is 16.5. The predicted octanol–water partition coefficient (Wildman–Crippen LogP) is 0.554. The van der Waals surface area contributed by atoms with Crippen LogP contribution in [-0.4, -0.2) is 35.8 Å². The molecule has 3 rings (SSSR count). The molecule has 0 radical (unpaired) electrons. The molecule has 1 aromatic rings. The normalized spacial score (nSPS) is 16.4. The van der Waals surface area contributed by atoms with E-state index < -0.39 is 24.3 Å². The van der Waals surface area contributed by atoms with Crippen LogP contribution in [0.1, 0.15) is 27.1 Å². The van der Waals surface area contributed by atoms with Crippen molar-refractivity contribution in [3.8, 4) is 6.07 Å². The minimum Gasteiger partial charge on any atom is -0.478 e. The molecular weight excluding hydrogens is 286 g/mol. The number of nitriles is 1. The maximum Gasteiger partial charge on any atom is 0.262 e. The van der Waals surface area contributed by atoms with Crippen molar-refractivity contribution in [2.45, 2.75) is 6.42 Å². The molecule has 110 valence electrons. The van der Waals surface area contributed by atoms with Crippen molar-refractivity contribution in [1.82, 2.24) is 10.2 Å². The first-order valence-corrected chi connectivity index (χ1v) is 6.63. The van der Waals surface area contributed by atoms with Gasteiger partial charge in [-0.05, 0) is 12.1 Å². The van der Waals surface area contributed by atoms with Crippen LogP contribution >= 0.6 is 0 Å². The van der Waals surface area contributed by atoms with Crippen molar-refractivity contribution in [2.24, 2.45) is 0 Å². The molecule has 0 aliphatic carbocycles. The Morgan fingerprint density at radius 3 is 2.50 bits per heavy atom. The number of benzene rings is 1. The summed E-state index contributed by atoms with van der Waals surface area (Å²) in [5.41, 5.74) is 0.916. The summed E-state index contributed by atoms with van der Waals surface area (Å²) in [6.07, 6.45) is 0.430. The van der Waals surface area contributed by atoms with Gasteiger partial charge in [-0.2, -0.15) is 5.26 Å². The van der Waals surface area contributed by atoms with Crippen molar-refractivity contribution in [3.05, 3.63) is 46.8 Å². The third-order valence-corrected chi connectivity index (χ3v) is 3.44. The van der Waals surface area contributed by atoms with Crippen LogP contribution in [0.5, 0.6) is 0 Å². The fraction of sp³-hybridized carbons (Fsp3) is 0.200. The number of fused-ring (bicyclic) bond motifs is 1. The smallest absolute Gasteiger partial charge is 0.262 e. The van der Waals surface area contributed by atoms with E-state index >= 15 is 0 Å². The van der Waals surface area contributed by atoms with Gasteiger partial charge in [-0.1, -0.05) is 12.1 Å². The Hall–Kier alpha value is -3.14. The molecule has 7 nitrogen and oxygen atoms in total. The number of nitrogens with one attached hydrogen (secondary N) is 1. The van der Waals surface area contributed by atoms with E-state index in [1.54, 1.807) is 24.3 Å². The predicted molar refractivity (Wildman–Crippen MR) is 73.2 cm³/mol. The van der Waals surface area contributed by atoms with Crippen molar-refractivity contribution in [3.63, 3.8) is 0 Å². The molecule has 2 aliphatic heterocycles. The molecule has 0 spiro atoms. The van der Waals surface area contributed by atoms with Gasteiger partial charge >= 0.3 is 0 Å². The topological polar surface area (TPSA) is 99.5 Å².